The second kappa shape index (κ2) is 6.10. The molecule has 0 N–H and O–H groups in total. The molecular formula is C15H23ClN2O. The van der Waals surface area contributed by atoms with Gasteiger partial charge in [-0.1, -0.05) is 25.4 Å². The van der Waals surface area contributed by atoms with Crippen LogP contribution in [-0.2, 0) is 6.42 Å². The molecule has 0 aliphatic carbocycles. The summed E-state index contributed by atoms with van der Waals surface area (Å²) < 4.78 is 1.86. The van der Waals surface area contributed by atoms with Crippen molar-refractivity contribution in [3.63, 3.8) is 0 Å². The van der Waals surface area contributed by atoms with Crippen molar-refractivity contribution in [2.45, 2.75) is 39.2 Å². The van der Waals surface area contributed by atoms with Gasteiger partial charge in [-0.15, -0.1) is 0 Å². The minimum absolute atomic E-state index is 0.137. The van der Waals surface area contributed by atoms with Crippen LogP contribution in [0.4, 0.5) is 0 Å². The van der Waals surface area contributed by atoms with E-state index in [0.717, 1.165) is 37.9 Å². The van der Waals surface area contributed by atoms with Crippen LogP contribution in [0.25, 0.3) is 0 Å². The molecule has 0 radical (unpaired) electrons. The summed E-state index contributed by atoms with van der Waals surface area (Å²) in [5.74, 6) is 0.466. The summed E-state index contributed by atoms with van der Waals surface area (Å²) in [5, 5.41) is 0.670. The molecule has 2 rings (SSSR count). The molecule has 0 bridgehead atoms. The number of piperidine rings is 1. The predicted octanol–water partition coefficient (Wildman–Crippen LogP) is 2.97. The monoisotopic (exact) mass is 282 g/mol. The number of hydrogen-bond acceptors (Lipinski definition) is 2. The molecule has 4 heteroatoms. The molecule has 1 unspecified atom stereocenters. The molecule has 0 amide bonds. The number of nitrogens with zero attached hydrogens (tertiary/aromatic N) is 2. The Hall–Kier alpha value is -0.800. The summed E-state index contributed by atoms with van der Waals surface area (Å²) in [4.78, 5) is 14.8. The zero-order valence-electron chi connectivity index (χ0n) is 12.0. The number of pyridine rings is 1. The zero-order valence-corrected chi connectivity index (χ0v) is 12.8. The standard InChI is InChI=1S/C15H23ClN2O/c1-11(2)7-12-8-13(16)9-18(15(12)19)14-5-4-6-17(3)10-14/h8-9,11,14H,4-7,10H2,1-3H3. The van der Waals surface area contributed by atoms with E-state index in [2.05, 4.69) is 25.8 Å². The molecular weight excluding hydrogens is 260 g/mol. The molecule has 106 valence electrons. The van der Waals surface area contributed by atoms with Gasteiger partial charge >= 0.3 is 0 Å². The lowest BCUT2D eigenvalue weighted by Crippen LogP contribution is -2.38. The normalized spacial score (nSPS) is 21.0. The summed E-state index contributed by atoms with van der Waals surface area (Å²) in [6.45, 7) is 6.30. The Labute approximate surface area is 120 Å². The van der Waals surface area contributed by atoms with Crippen LogP contribution in [0.5, 0.6) is 0 Å². The highest BCUT2D eigenvalue weighted by Gasteiger charge is 2.21. The van der Waals surface area contributed by atoms with E-state index < -0.39 is 0 Å². The Bertz CT molecular complexity index is 495. The molecule has 1 aromatic rings. The van der Waals surface area contributed by atoms with Crippen LogP contribution >= 0.6 is 11.6 Å². The Morgan fingerprint density at radius 3 is 2.84 bits per heavy atom. The van der Waals surface area contributed by atoms with E-state index >= 15 is 0 Å². The first kappa shape index (κ1) is 14.6. The second-order valence-electron chi connectivity index (χ2n) is 6.05. The number of likely N-dealkylation sites (N-methyl/N-ethyl adjacent to an activating group) is 1. The molecule has 2 heterocycles. The van der Waals surface area contributed by atoms with Gasteiger partial charge in [-0.3, -0.25) is 4.79 Å². The lowest BCUT2D eigenvalue weighted by Gasteiger charge is -2.31. The number of hydrogen-bond donors (Lipinski definition) is 0. The van der Waals surface area contributed by atoms with Gasteiger partial charge in [0.2, 0.25) is 0 Å². The van der Waals surface area contributed by atoms with Gasteiger partial charge in [0.25, 0.3) is 5.56 Å². The van der Waals surface area contributed by atoms with Gasteiger partial charge in [0.1, 0.15) is 0 Å². The molecule has 0 spiro atoms. The van der Waals surface area contributed by atoms with Crippen molar-refractivity contribution in [1.29, 1.82) is 0 Å². The fourth-order valence-corrected chi connectivity index (χ4v) is 3.08. The van der Waals surface area contributed by atoms with Crippen molar-refractivity contribution in [3.8, 4) is 0 Å². The molecule has 1 aliphatic rings. The molecule has 3 nitrogen and oxygen atoms in total. The van der Waals surface area contributed by atoms with Crippen molar-refractivity contribution >= 4 is 11.6 Å². The maximum Gasteiger partial charge on any atom is 0.254 e. The zero-order chi connectivity index (χ0) is 14.0. The maximum atomic E-state index is 12.5. The van der Waals surface area contributed by atoms with Crippen LogP contribution in [0.1, 0.15) is 38.3 Å². The van der Waals surface area contributed by atoms with E-state index in [4.69, 9.17) is 11.6 Å². The van der Waals surface area contributed by atoms with E-state index in [1.165, 1.54) is 0 Å². The van der Waals surface area contributed by atoms with Crippen LogP contribution in [0.3, 0.4) is 0 Å². The van der Waals surface area contributed by atoms with Crippen LogP contribution in [0, 0.1) is 5.92 Å². The quantitative estimate of drug-likeness (QED) is 0.852. The number of aromatic nitrogens is 1. The predicted molar refractivity (Wildman–Crippen MR) is 80.0 cm³/mol. The van der Waals surface area contributed by atoms with E-state index in [-0.39, 0.29) is 11.6 Å². The van der Waals surface area contributed by atoms with Crippen molar-refractivity contribution in [2.24, 2.45) is 5.92 Å². The van der Waals surface area contributed by atoms with Gasteiger partial charge in [-0.05, 0) is 44.8 Å². The van der Waals surface area contributed by atoms with E-state index in [1.54, 1.807) is 6.20 Å². The Morgan fingerprint density at radius 2 is 2.21 bits per heavy atom. The molecule has 1 aromatic heterocycles. The largest absolute Gasteiger partial charge is 0.309 e. The van der Waals surface area contributed by atoms with E-state index in [9.17, 15) is 4.79 Å². The van der Waals surface area contributed by atoms with Gasteiger partial charge in [-0.25, -0.2) is 0 Å². The first-order valence-electron chi connectivity index (χ1n) is 7.06. The Kier molecular flexibility index (Phi) is 4.69. The van der Waals surface area contributed by atoms with E-state index in [0.29, 0.717) is 10.9 Å². The molecule has 1 fully saturated rings. The summed E-state index contributed by atoms with van der Waals surface area (Å²) in [6, 6.07) is 2.09. The van der Waals surface area contributed by atoms with Crippen molar-refractivity contribution in [3.05, 3.63) is 33.2 Å². The van der Waals surface area contributed by atoms with Gasteiger partial charge in [0.15, 0.2) is 0 Å². The lowest BCUT2D eigenvalue weighted by atomic mass is 10.0. The molecule has 1 atom stereocenters. The molecule has 1 saturated heterocycles. The van der Waals surface area contributed by atoms with Crippen LogP contribution < -0.4 is 5.56 Å². The maximum absolute atomic E-state index is 12.5. The number of likely N-dealkylation sites (tertiary alicyclic amines) is 1. The third-order valence-corrected chi connectivity index (χ3v) is 3.91. The van der Waals surface area contributed by atoms with Crippen LogP contribution in [-0.4, -0.2) is 29.6 Å². The fourth-order valence-electron chi connectivity index (χ4n) is 2.85. The van der Waals surface area contributed by atoms with Gasteiger partial charge in [0.05, 0.1) is 5.02 Å². The summed E-state index contributed by atoms with van der Waals surface area (Å²) in [6.07, 6.45) is 4.80. The number of rotatable bonds is 3. The van der Waals surface area contributed by atoms with Crippen LogP contribution in [0.15, 0.2) is 17.1 Å². The average molecular weight is 283 g/mol. The van der Waals surface area contributed by atoms with E-state index in [1.807, 2.05) is 10.6 Å². The third-order valence-electron chi connectivity index (χ3n) is 3.70. The van der Waals surface area contributed by atoms with Crippen molar-refractivity contribution < 1.29 is 0 Å². The average Bonchev–Trinajstić information content (AvgIpc) is 2.32. The molecule has 0 aromatic carbocycles. The SMILES string of the molecule is CC(C)Cc1cc(Cl)cn(C2CCCN(C)C2)c1=O. The Balaban J connectivity index is 2.34. The smallest absolute Gasteiger partial charge is 0.254 e. The highest BCUT2D eigenvalue weighted by atomic mass is 35.5. The van der Waals surface area contributed by atoms with Gasteiger partial charge in [-0.2, -0.15) is 0 Å². The fraction of sp³-hybridized carbons (Fsp3) is 0.667. The first-order chi connectivity index (χ1) is 8.97. The van der Waals surface area contributed by atoms with Crippen LogP contribution in [0.2, 0.25) is 5.02 Å². The first-order valence-corrected chi connectivity index (χ1v) is 7.44. The molecule has 0 saturated carbocycles. The lowest BCUT2D eigenvalue weighted by molar-refractivity contribution is 0.209. The third kappa shape index (κ3) is 3.61. The topological polar surface area (TPSA) is 25.2 Å². The summed E-state index contributed by atoms with van der Waals surface area (Å²) in [7, 11) is 2.11. The minimum Gasteiger partial charge on any atom is -0.309 e. The Morgan fingerprint density at radius 1 is 1.47 bits per heavy atom. The summed E-state index contributed by atoms with van der Waals surface area (Å²) >= 11 is 6.19. The van der Waals surface area contributed by atoms with Gasteiger partial charge < -0.3 is 9.47 Å². The summed E-state index contributed by atoms with van der Waals surface area (Å²) in [5.41, 5.74) is 0.981. The van der Waals surface area contributed by atoms with Gasteiger partial charge in [0, 0.05) is 24.3 Å². The molecule has 19 heavy (non-hydrogen) atoms. The highest BCUT2D eigenvalue weighted by Crippen LogP contribution is 2.21. The minimum atomic E-state index is 0.137. The number of halogens is 1. The van der Waals surface area contributed by atoms with Crippen molar-refractivity contribution in [2.75, 3.05) is 20.1 Å². The molecule has 1 aliphatic heterocycles. The second-order valence-corrected chi connectivity index (χ2v) is 6.49. The highest BCUT2D eigenvalue weighted by molar-refractivity contribution is 6.30. The van der Waals surface area contributed by atoms with Crippen molar-refractivity contribution in [1.82, 2.24) is 9.47 Å².